The largest absolute Gasteiger partial charge is 0.344 e. The molecule has 0 bridgehead atoms. The van der Waals surface area contributed by atoms with Gasteiger partial charge in [0.1, 0.15) is 35.5 Å². The van der Waals surface area contributed by atoms with Gasteiger partial charge in [0.05, 0.1) is 0 Å². The monoisotopic (exact) mass is 429 g/mol. The topological polar surface area (TPSA) is 35.9 Å². The zero-order valence-electron chi connectivity index (χ0n) is 17.3. The highest BCUT2D eigenvalue weighted by molar-refractivity contribution is 6.41. The third-order valence-corrected chi connectivity index (χ3v) is 5.73. The van der Waals surface area contributed by atoms with Crippen LogP contribution in [0.3, 0.4) is 0 Å². The molecule has 2 aliphatic heterocycles. The lowest BCUT2D eigenvalue weighted by molar-refractivity contribution is -0.121. The van der Waals surface area contributed by atoms with Crippen molar-refractivity contribution in [3.05, 3.63) is 113 Å². The number of halogens is 2. The second-order valence-electron chi connectivity index (χ2n) is 7.95. The first-order chi connectivity index (χ1) is 15.6. The molecule has 5 rings (SSSR count). The molecule has 6 heteroatoms. The standard InChI is InChI=1S/C26H21F2N3O/c27-21-12-7-13-22(28)24(21)30-16-20(14-18-8-3-1-4-9-18)25-29-23(26(32)31(25)17-30)15-19-10-5-2-6-11-19/h1-13H,14-17H2. The number of carbonyl (C=O) groups excluding carboxylic acids is 1. The lowest BCUT2D eigenvalue weighted by atomic mass is 10.0. The zero-order chi connectivity index (χ0) is 22.1. The average molecular weight is 429 g/mol. The summed E-state index contributed by atoms with van der Waals surface area (Å²) >= 11 is 0. The third-order valence-electron chi connectivity index (χ3n) is 5.73. The van der Waals surface area contributed by atoms with Crippen molar-refractivity contribution in [1.29, 1.82) is 0 Å². The summed E-state index contributed by atoms with van der Waals surface area (Å²) in [5.74, 6) is -0.928. The van der Waals surface area contributed by atoms with Crippen LogP contribution in [0.1, 0.15) is 11.1 Å². The SMILES string of the molecule is O=C1C(Cc2ccccc2)=NC2=C(Cc3ccccc3)CN(c3c(F)cccc3F)CN12. The van der Waals surface area contributed by atoms with E-state index in [0.717, 1.165) is 16.7 Å². The van der Waals surface area contributed by atoms with E-state index in [1.54, 1.807) is 4.90 Å². The first kappa shape index (κ1) is 20.1. The number of fused-ring (bicyclic) bond motifs is 1. The van der Waals surface area contributed by atoms with E-state index < -0.39 is 11.6 Å². The molecule has 3 aromatic carbocycles. The minimum absolute atomic E-state index is 0.0477. The Labute approximate surface area is 185 Å². The Balaban J connectivity index is 1.53. The quantitative estimate of drug-likeness (QED) is 0.588. The number of nitrogens with zero attached hydrogens (tertiary/aromatic N) is 3. The molecule has 4 nitrogen and oxygen atoms in total. The summed E-state index contributed by atoms with van der Waals surface area (Å²) in [7, 11) is 0. The Bertz CT molecular complexity index is 1200. The number of anilines is 1. The van der Waals surface area contributed by atoms with Gasteiger partial charge in [-0.2, -0.15) is 0 Å². The maximum atomic E-state index is 14.6. The molecule has 0 fully saturated rings. The molecule has 0 unspecified atom stereocenters. The van der Waals surface area contributed by atoms with Crippen LogP contribution in [0.2, 0.25) is 0 Å². The van der Waals surface area contributed by atoms with Gasteiger partial charge >= 0.3 is 0 Å². The first-order valence-corrected chi connectivity index (χ1v) is 10.5. The van der Waals surface area contributed by atoms with Crippen molar-refractivity contribution in [2.24, 2.45) is 4.99 Å². The average Bonchev–Trinajstić information content (AvgIpc) is 3.11. The fraction of sp³-hybridized carbons (Fsp3) is 0.154. The number of rotatable bonds is 5. The normalized spacial score (nSPS) is 15.8. The Kier molecular flexibility index (Phi) is 5.27. The van der Waals surface area contributed by atoms with Crippen molar-refractivity contribution >= 4 is 17.3 Å². The Morgan fingerprint density at radius 2 is 1.38 bits per heavy atom. The van der Waals surface area contributed by atoms with Crippen LogP contribution >= 0.6 is 0 Å². The van der Waals surface area contributed by atoms with Crippen LogP contribution in [0.5, 0.6) is 0 Å². The van der Waals surface area contributed by atoms with Crippen LogP contribution < -0.4 is 4.90 Å². The molecule has 0 aromatic heterocycles. The number of para-hydroxylation sites is 1. The van der Waals surface area contributed by atoms with E-state index in [1.807, 2.05) is 60.7 Å². The minimum atomic E-state index is -0.649. The molecular formula is C26H21F2N3O. The van der Waals surface area contributed by atoms with Crippen molar-refractivity contribution in [3.63, 3.8) is 0 Å². The third kappa shape index (κ3) is 3.80. The Morgan fingerprint density at radius 3 is 2.00 bits per heavy atom. The second-order valence-corrected chi connectivity index (χ2v) is 7.95. The number of carbonyl (C=O) groups is 1. The zero-order valence-corrected chi connectivity index (χ0v) is 17.3. The summed E-state index contributed by atoms with van der Waals surface area (Å²) < 4.78 is 29.1. The number of hydrogen-bond donors (Lipinski definition) is 0. The molecule has 0 spiro atoms. The van der Waals surface area contributed by atoms with Gasteiger partial charge < -0.3 is 4.90 Å². The Hall–Kier alpha value is -3.80. The number of hydrogen-bond acceptors (Lipinski definition) is 3. The van der Waals surface area contributed by atoms with Crippen molar-refractivity contribution in [1.82, 2.24) is 4.90 Å². The van der Waals surface area contributed by atoms with Gasteiger partial charge in [0.15, 0.2) is 0 Å². The van der Waals surface area contributed by atoms with E-state index in [1.165, 1.54) is 23.1 Å². The molecule has 32 heavy (non-hydrogen) atoms. The molecule has 0 N–H and O–H groups in total. The first-order valence-electron chi connectivity index (χ1n) is 10.5. The van der Waals surface area contributed by atoms with E-state index in [0.29, 0.717) is 24.4 Å². The van der Waals surface area contributed by atoms with Gasteiger partial charge in [0, 0.05) is 13.0 Å². The summed E-state index contributed by atoms with van der Waals surface area (Å²) in [5, 5.41) is 0. The summed E-state index contributed by atoms with van der Waals surface area (Å²) in [6.45, 7) is 0.333. The predicted octanol–water partition coefficient (Wildman–Crippen LogP) is 4.72. The highest BCUT2D eigenvalue weighted by Crippen LogP contribution is 2.33. The van der Waals surface area contributed by atoms with Crippen molar-refractivity contribution in [3.8, 4) is 0 Å². The van der Waals surface area contributed by atoms with Gasteiger partial charge in [0.25, 0.3) is 5.91 Å². The van der Waals surface area contributed by atoms with Crippen LogP contribution in [0, 0.1) is 11.6 Å². The van der Waals surface area contributed by atoms with Gasteiger partial charge in [-0.3, -0.25) is 9.69 Å². The van der Waals surface area contributed by atoms with Crippen LogP contribution in [-0.4, -0.2) is 29.7 Å². The molecule has 2 aliphatic rings. The molecule has 3 aromatic rings. The maximum Gasteiger partial charge on any atom is 0.275 e. The van der Waals surface area contributed by atoms with Gasteiger partial charge in [-0.05, 0) is 35.3 Å². The number of amides is 1. The van der Waals surface area contributed by atoms with Crippen molar-refractivity contribution < 1.29 is 13.6 Å². The van der Waals surface area contributed by atoms with Crippen molar-refractivity contribution in [2.45, 2.75) is 12.8 Å². The lowest BCUT2D eigenvalue weighted by Crippen LogP contribution is -2.46. The summed E-state index contributed by atoms with van der Waals surface area (Å²) in [4.78, 5) is 21.0. The van der Waals surface area contributed by atoms with Crippen LogP contribution in [0.15, 0.2) is 95.2 Å². The molecule has 160 valence electrons. The molecule has 0 saturated carbocycles. The fourth-order valence-corrected chi connectivity index (χ4v) is 4.23. The summed E-state index contributed by atoms with van der Waals surface area (Å²) in [6, 6.07) is 23.3. The number of benzene rings is 3. The van der Waals surface area contributed by atoms with Gasteiger partial charge in [0.2, 0.25) is 0 Å². The molecule has 1 amide bonds. The molecular weight excluding hydrogens is 408 g/mol. The molecule has 2 heterocycles. The molecule has 0 atom stereocenters. The molecule has 0 saturated heterocycles. The second kappa shape index (κ2) is 8.38. The Morgan fingerprint density at radius 1 is 0.781 bits per heavy atom. The highest BCUT2D eigenvalue weighted by atomic mass is 19.1. The fourth-order valence-electron chi connectivity index (χ4n) is 4.23. The maximum absolute atomic E-state index is 14.6. The highest BCUT2D eigenvalue weighted by Gasteiger charge is 2.38. The van der Waals surface area contributed by atoms with Gasteiger partial charge in [-0.1, -0.05) is 66.7 Å². The van der Waals surface area contributed by atoms with Crippen molar-refractivity contribution in [2.75, 3.05) is 18.1 Å². The molecule has 0 aliphatic carbocycles. The van der Waals surface area contributed by atoms with E-state index in [4.69, 9.17) is 4.99 Å². The molecule has 0 radical (unpaired) electrons. The summed E-state index contributed by atoms with van der Waals surface area (Å²) in [5.41, 5.74) is 3.20. The van der Waals surface area contributed by atoms with Gasteiger partial charge in [-0.25, -0.2) is 13.8 Å². The van der Waals surface area contributed by atoms with Gasteiger partial charge in [-0.15, -0.1) is 0 Å². The number of aliphatic imine (C=N–C) groups is 1. The van der Waals surface area contributed by atoms with E-state index in [-0.39, 0.29) is 24.8 Å². The van der Waals surface area contributed by atoms with Crippen LogP contribution in [0.25, 0.3) is 0 Å². The van der Waals surface area contributed by atoms with E-state index in [9.17, 15) is 13.6 Å². The van der Waals surface area contributed by atoms with Crippen LogP contribution in [-0.2, 0) is 17.6 Å². The lowest BCUT2D eigenvalue weighted by Gasteiger charge is -2.36. The predicted molar refractivity (Wildman–Crippen MR) is 120 cm³/mol. The minimum Gasteiger partial charge on any atom is -0.344 e. The van der Waals surface area contributed by atoms with E-state index >= 15 is 0 Å². The smallest absolute Gasteiger partial charge is 0.275 e. The van der Waals surface area contributed by atoms with E-state index in [2.05, 4.69) is 0 Å². The van der Waals surface area contributed by atoms with Crippen LogP contribution in [0.4, 0.5) is 14.5 Å². The summed E-state index contributed by atoms with van der Waals surface area (Å²) in [6.07, 6.45) is 0.945.